The normalized spacial score (nSPS) is 11.4. The summed E-state index contributed by atoms with van der Waals surface area (Å²) in [6.45, 7) is 0. The first-order valence-electron chi connectivity index (χ1n) is 9.83. The van der Waals surface area contributed by atoms with Crippen LogP contribution in [0.5, 0.6) is 11.5 Å². The molecule has 0 bridgehead atoms. The molecule has 0 unspecified atom stereocenters. The van der Waals surface area contributed by atoms with Gasteiger partial charge in [0, 0.05) is 6.07 Å². The maximum atomic E-state index is 13.7. The van der Waals surface area contributed by atoms with E-state index in [9.17, 15) is 22.8 Å². The van der Waals surface area contributed by atoms with Crippen LogP contribution in [0.3, 0.4) is 0 Å². The van der Waals surface area contributed by atoms with Gasteiger partial charge in [-0.15, -0.1) is 0 Å². The SMILES string of the molecule is COc1ccc(CC(=O)Oc2ccc3c(=O)c(-c4ccccc4)c(C(F)(F)F)oc3c2)cc1. The maximum Gasteiger partial charge on any atom is 0.450 e. The first-order valence-corrected chi connectivity index (χ1v) is 9.83. The zero-order valence-corrected chi connectivity index (χ0v) is 17.3. The predicted molar refractivity (Wildman–Crippen MR) is 115 cm³/mol. The Morgan fingerprint density at radius 1 is 0.939 bits per heavy atom. The monoisotopic (exact) mass is 454 g/mol. The number of hydrogen-bond donors (Lipinski definition) is 0. The van der Waals surface area contributed by atoms with Crippen molar-refractivity contribution in [2.45, 2.75) is 12.6 Å². The van der Waals surface area contributed by atoms with Gasteiger partial charge in [0.1, 0.15) is 17.1 Å². The molecule has 4 aromatic rings. The lowest BCUT2D eigenvalue weighted by atomic mass is 10.0. The number of methoxy groups -OCH3 is 1. The van der Waals surface area contributed by atoms with Crippen LogP contribution in [0.15, 0.2) is 82.0 Å². The van der Waals surface area contributed by atoms with Gasteiger partial charge < -0.3 is 13.9 Å². The fourth-order valence-electron chi connectivity index (χ4n) is 3.38. The summed E-state index contributed by atoms with van der Waals surface area (Å²) in [5, 5.41) is -0.0585. The van der Waals surface area contributed by atoms with Crippen molar-refractivity contribution < 1.29 is 31.9 Å². The van der Waals surface area contributed by atoms with E-state index in [-0.39, 0.29) is 28.7 Å². The fourth-order valence-corrected chi connectivity index (χ4v) is 3.38. The molecule has 0 saturated carbocycles. The van der Waals surface area contributed by atoms with E-state index in [0.717, 1.165) is 6.07 Å². The molecule has 1 heterocycles. The summed E-state index contributed by atoms with van der Waals surface area (Å²) in [6.07, 6.45) is -4.97. The molecule has 0 aliphatic carbocycles. The van der Waals surface area contributed by atoms with Gasteiger partial charge in [-0.2, -0.15) is 13.2 Å². The largest absolute Gasteiger partial charge is 0.497 e. The fraction of sp³-hybridized carbons (Fsp3) is 0.120. The van der Waals surface area contributed by atoms with Gasteiger partial charge in [-0.25, -0.2) is 0 Å². The highest BCUT2D eigenvalue weighted by atomic mass is 19.4. The van der Waals surface area contributed by atoms with E-state index < -0.39 is 28.9 Å². The minimum atomic E-state index is -4.90. The van der Waals surface area contributed by atoms with E-state index in [2.05, 4.69) is 0 Å². The minimum absolute atomic E-state index is 0.0373. The molecule has 0 radical (unpaired) electrons. The Morgan fingerprint density at radius 2 is 1.61 bits per heavy atom. The Bertz CT molecular complexity index is 1360. The van der Waals surface area contributed by atoms with Gasteiger partial charge in [0.2, 0.25) is 11.2 Å². The average molecular weight is 454 g/mol. The molecule has 3 aromatic carbocycles. The van der Waals surface area contributed by atoms with Crippen molar-refractivity contribution in [3.63, 3.8) is 0 Å². The molecule has 0 fully saturated rings. The Labute approximate surface area is 186 Å². The Morgan fingerprint density at radius 3 is 2.24 bits per heavy atom. The molecule has 0 aliphatic rings. The van der Waals surface area contributed by atoms with Gasteiger partial charge in [-0.05, 0) is 35.4 Å². The number of esters is 1. The summed E-state index contributed by atoms with van der Waals surface area (Å²) >= 11 is 0. The number of carbonyl (C=O) groups is 1. The summed E-state index contributed by atoms with van der Waals surface area (Å²) in [6, 6.07) is 18.0. The van der Waals surface area contributed by atoms with Crippen molar-refractivity contribution in [3.8, 4) is 22.6 Å². The lowest BCUT2D eigenvalue weighted by Gasteiger charge is -2.13. The Hall–Kier alpha value is -4.07. The van der Waals surface area contributed by atoms with Crippen molar-refractivity contribution in [3.05, 3.63) is 94.3 Å². The van der Waals surface area contributed by atoms with Crippen LogP contribution >= 0.6 is 0 Å². The molecule has 0 atom stereocenters. The summed E-state index contributed by atoms with van der Waals surface area (Å²) in [7, 11) is 1.52. The highest BCUT2D eigenvalue weighted by molar-refractivity contribution is 5.85. The number of alkyl halides is 3. The summed E-state index contributed by atoms with van der Waals surface area (Å²) in [5.74, 6) is -1.44. The van der Waals surface area contributed by atoms with Gasteiger partial charge in [-0.1, -0.05) is 42.5 Å². The van der Waals surface area contributed by atoms with E-state index in [0.29, 0.717) is 11.3 Å². The first kappa shape index (κ1) is 22.1. The predicted octanol–water partition coefficient (Wildman–Crippen LogP) is 5.64. The number of halogens is 3. The van der Waals surface area contributed by atoms with E-state index in [4.69, 9.17) is 13.9 Å². The van der Waals surface area contributed by atoms with Crippen LogP contribution in [0.4, 0.5) is 13.2 Å². The van der Waals surface area contributed by atoms with Gasteiger partial charge >= 0.3 is 12.1 Å². The first-order chi connectivity index (χ1) is 15.8. The third-order valence-electron chi connectivity index (χ3n) is 4.92. The molecule has 0 spiro atoms. The zero-order valence-electron chi connectivity index (χ0n) is 17.3. The second kappa shape index (κ2) is 8.82. The maximum absolute atomic E-state index is 13.7. The molecule has 0 N–H and O–H groups in total. The molecule has 5 nitrogen and oxygen atoms in total. The molecule has 0 aliphatic heterocycles. The van der Waals surface area contributed by atoms with Gasteiger partial charge in [0.15, 0.2) is 0 Å². The van der Waals surface area contributed by atoms with E-state index in [1.165, 1.54) is 43.5 Å². The smallest absolute Gasteiger partial charge is 0.450 e. The van der Waals surface area contributed by atoms with Gasteiger partial charge in [0.05, 0.1) is 24.5 Å². The molecular formula is C25H17F3O5. The molecule has 168 valence electrons. The quantitative estimate of drug-likeness (QED) is 0.289. The molecule has 8 heteroatoms. The third kappa shape index (κ3) is 4.74. The molecule has 0 saturated heterocycles. The van der Waals surface area contributed by atoms with Crippen molar-refractivity contribution in [2.24, 2.45) is 0 Å². The highest BCUT2D eigenvalue weighted by Gasteiger charge is 2.39. The number of ether oxygens (including phenoxy) is 2. The lowest BCUT2D eigenvalue weighted by molar-refractivity contribution is -0.152. The molecule has 1 aromatic heterocycles. The van der Waals surface area contributed by atoms with Crippen LogP contribution in [-0.4, -0.2) is 13.1 Å². The van der Waals surface area contributed by atoms with E-state index in [1.807, 2.05) is 0 Å². The molecule has 4 rings (SSSR count). The zero-order chi connectivity index (χ0) is 23.6. The minimum Gasteiger partial charge on any atom is -0.497 e. The van der Waals surface area contributed by atoms with Gasteiger partial charge in [0.25, 0.3) is 0 Å². The molecular weight excluding hydrogens is 437 g/mol. The van der Waals surface area contributed by atoms with Crippen LogP contribution in [0, 0.1) is 0 Å². The third-order valence-corrected chi connectivity index (χ3v) is 4.92. The highest BCUT2D eigenvalue weighted by Crippen LogP contribution is 2.37. The van der Waals surface area contributed by atoms with E-state index >= 15 is 0 Å². The number of fused-ring (bicyclic) bond motifs is 1. The summed E-state index contributed by atoms with van der Waals surface area (Å²) in [4.78, 5) is 25.2. The number of hydrogen-bond acceptors (Lipinski definition) is 5. The number of rotatable bonds is 5. The number of carbonyl (C=O) groups excluding carboxylic acids is 1. The Balaban J connectivity index is 1.68. The van der Waals surface area contributed by atoms with Crippen molar-refractivity contribution >= 4 is 16.9 Å². The van der Waals surface area contributed by atoms with Crippen molar-refractivity contribution in [1.29, 1.82) is 0 Å². The van der Waals surface area contributed by atoms with Crippen LogP contribution in [0.25, 0.3) is 22.1 Å². The summed E-state index contributed by atoms with van der Waals surface area (Å²) < 4.78 is 56.6. The second-order valence-corrected chi connectivity index (χ2v) is 7.16. The Kier molecular flexibility index (Phi) is 5.91. The van der Waals surface area contributed by atoms with Crippen LogP contribution in [0.2, 0.25) is 0 Å². The number of benzene rings is 3. The average Bonchev–Trinajstić information content (AvgIpc) is 2.79. The van der Waals surface area contributed by atoms with Crippen molar-refractivity contribution in [1.82, 2.24) is 0 Å². The molecule has 0 amide bonds. The van der Waals surface area contributed by atoms with Crippen LogP contribution < -0.4 is 14.9 Å². The van der Waals surface area contributed by atoms with Gasteiger partial charge in [-0.3, -0.25) is 9.59 Å². The van der Waals surface area contributed by atoms with Crippen LogP contribution in [0.1, 0.15) is 11.3 Å². The van der Waals surface area contributed by atoms with Crippen LogP contribution in [-0.2, 0) is 17.4 Å². The van der Waals surface area contributed by atoms with E-state index in [1.54, 1.807) is 30.3 Å². The second-order valence-electron chi connectivity index (χ2n) is 7.16. The molecule has 33 heavy (non-hydrogen) atoms. The van der Waals surface area contributed by atoms with Crippen molar-refractivity contribution in [2.75, 3.05) is 7.11 Å². The summed E-state index contributed by atoms with van der Waals surface area (Å²) in [5.41, 5.74) is -0.969. The standard InChI is InChI=1S/C25H17F3O5/c1-31-17-9-7-15(8-10-17)13-21(29)32-18-11-12-19-20(14-18)33-24(25(26,27)28)22(23(19)30)16-5-3-2-4-6-16/h2-12,14H,13H2,1H3. The lowest BCUT2D eigenvalue weighted by Crippen LogP contribution is -2.16. The topological polar surface area (TPSA) is 65.7 Å².